The molecule has 1 aromatic carbocycles. The van der Waals surface area contributed by atoms with Crippen LogP contribution in [0.25, 0.3) is 0 Å². The SMILES string of the molecule is CCCOc1ccc(/C=N/Nc2ccccn2)cc1OCC. The van der Waals surface area contributed by atoms with Gasteiger partial charge in [0.25, 0.3) is 0 Å². The van der Waals surface area contributed by atoms with E-state index in [-0.39, 0.29) is 0 Å². The van der Waals surface area contributed by atoms with Crippen molar-refractivity contribution in [2.24, 2.45) is 5.10 Å². The van der Waals surface area contributed by atoms with Crippen molar-refractivity contribution in [2.75, 3.05) is 18.6 Å². The van der Waals surface area contributed by atoms with Crippen molar-refractivity contribution in [1.82, 2.24) is 4.98 Å². The van der Waals surface area contributed by atoms with Gasteiger partial charge in [0.05, 0.1) is 19.4 Å². The van der Waals surface area contributed by atoms with E-state index in [1.54, 1.807) is 12.4 Å². The molecule has 0 saturated carbocycles. The van der Waals surface area contributed by atoms with Gasteiger partial charge in [0, 0.05) is 6.20 Å². The van der Waals surface area contributed by atoms with E-state index in [0.29, 0.717) is 19.0 Å². The van der Waals surface area contributed by atoms with Gasteiger partial charge in [0.15, 0.2) is 11.5 Å². The zero-order valence-corrected chi connectivity index (χ0v) is 13.0. The van der Waals surface area contributed by atoms with Crippen molar-refractivity contribution in [3.8, 4) is 11.5 Å². The molecule has 0 saturated heterocycles. The van der Waals surface area contributed by atoms with E-state index in [1.165, 1.54) is 0 Å². The predicted octanol–water partition coefficient (Wildman–Crippen LogP) is 3.72. The number of benzene rings is 1. The summed E-state index contributed by atoms with van der Waals surface area (Å²) in [6.45, 7) is 5.29. The minimum atomic E-state index is 0.593. The number of hydrogen-bond donors (Lipinski definition) is 1. The summed E-state index contributed by atoms with van der Waals surface area (Å²) in [5.74, 6) is 2.20. The number of pyridine rings is 1. The van der Waals surface area contributed by atoms with Crippen LogP contribution in [0.15, 0.2) is 47.7 Å². The van der Waals surface area contributed by atoms with Gasteiger partial charge in [-0.15, -0.1) is 0 Å². The summed E-state index contributed by atoms with van der Waals surface area (Å²) in [5.41, 5.74) is 3.81. The number of anilines is 1. The van der Waals surface area contributed by atoms with Crippen LogP contribution in [-0.4, -0.2) is 24.4 Å². The first-order valence-corrected chi connectivity index (χ1v) is 7.43. The quantitative estimate of drug-likeness (QED) is 0.596. The van der Waals surface area contributed by atoms with Crippen molar-refractivity contribution in [3.05, 3.63) is 48.2 Å². The van der Waals surface area contributed by atoms with Gasteiger partial charge in [-0.1, -0.05) is 13.0 Å². The molecule has 0 aliphatic rings. The van der Waals surface area contributed by atoms with Gasteiger partial charge in [-0.2, -0.15) is 5.10 Å². The van der Waals surface area contributed by atoms with Crippen LogP contribution in [0.2, 0.25) is 0 Å². The third-order valence-electron chi connectivity index (χ3n) is 2.79. The smallest absolute Gasteiger partial charge is 0.161 e. The minimum Gasteiger partial charge on any atom is -0.490 e. The minimum absolute atomic E-state index is 0.593. The van der Waals surface area contributed by atoms with Crippen molar-refractivity contribution < 1.29 is 9.47 Å². The zero-order valence-electron chi connectivity index (χ0n) is 13.0. The van der Waals surface area contributed by atoms with E-state index in [2.05, 4.69) is 22.4 Å². The molecule has 0 amide bonds. The first-order valence-electron chi connectivity index (χ1n) is 7.43. The fourth-order valence-electron chi connectivity index (χ4n) is 1.81. The van der Waals surface area contributed by atoms with E-state index in [9.17, 15) is 0 Å². The normalized spacial score (nSPS) is 10.6. The van der Waals surface area contributed by atoms with Gasteiger partial charge in [-0.3, -0.25) is 5.43 Å². The Kier molecular flexibility index (Phi) is 6.23. The molecule has 0 spiro atoms. The number of nitrogens with zero attached hydrogens (tertiary/aromatic N) is 2. The Balaban J connectivity index is 2.05. The molecule has 5 nitrogen and oxygen atoms in total. The van der Waals surface area contributed by atoms with Crippen LogP contribution in [-0.2, 0) is 0 Å². The van der Waals surface area contributed by atoms with Crippen LogP contribution in [0, 0.1) is 0 Å². The molecule has 0 aliphatic carbocycles. The molecule has 0 radical (unpaired) electrons. The summed E-state index contributed by atoms with van der Waals surface area (Å²) >= 11 is 0. The van der Waals surface area contributed by atoms with E-state index >= 15 is 0 Å². The maximum atomic E-state index is 5.67. The lowest BCUT2D eigenvalue weighted by atomic mass is 10.2. The molecule has 0 unspecified atom stereocenters. The number of ether oxygens (including phenoxy) is 2. The van der Waals surface area contributed by atoms with Gasteiger partial charge < -0.3 is 9.47 Å². The third kappa shape index (κ3) is 4.77. The molecule has 0 aliphatic heterocycles. The van der Waals surface area contributed by atoms with Gasteiger partial charge in [-0.05, 0) is 49.2 Å². The van der Waals surface area contributed by atoms with Crippen LogP contribution in [0.4, 0.5) is 5.82 Å². The molecule has 0 fully saturated rings. The molecule has 5 heteroatoms. The van der Waals surface area contributed by atoms with Crippen molar-refractivity contribution >= 4 is 12.0 Å². The van der Waals surface area contributed by atoms with E-state index in [4.69, 9.17) is 9.47 Å². The summed E-state index contributed by atoms with van der Waals surface area (Å²) in [5, 5.41) is 4.17. The molecule has 116 valence electrons. The molecule has 1 N–H and O–H groups in total. The van der Waals surface area contributed by atoms with Crippen molar-refractivity contribution in [3.63, 3.8) is 0 Å². The Morgan fingerprint density at radius 3 is 2.77 bits per heavy atom. The molecule has 22 heavy (non-hydrogen) atoms. The van der Waals surface area contributed by atoms with E-state index in [0.717, 1.165) is 23.5 Å². The molecular formula is C17H21N3O2. The summed E-state index contributed by atoms with van der Waals surface area (Å²) in [4.78, 5) is 4.14. The number of nitrogens with one attached hydrogen (secondary N) is 1. The summed E-state index contributed by atoms with van der Waals surface area (Å²) in [6.07, 6.45) is 4.40. The number of aromatic nitrogens is 1. The lowest BCUT2D eigenvalue weighted by Gasteiger charge is -2.11. The molecular weight excluding hydrogens is 278 g/mol. The highest BCUT2D eigenvalue weighted by Crippen LogP contribution is 2.28. The Morgan fingerprint density at radius 1 is 1.14 bits per heavy atom. The van der Waals surface area contributed by atoms with Crippen LogP contribution in [0.5, 0.6) is 11.5 Å². The highest BCUT2D eigenvalue weighted by Gasteiger charge is 2.05. The van der Waals surface area contributed by atoms with Gasteiger partial charge in [0.1, 0.15) is 5.82 Å². The Bertz CT molecular complexity index is 600. The number of hydrazone groups is 1. The maximum Gasteiger partial charge on any atom is 0.161 e. The fourth-order valence-corrected chi connectivity index (χ4v) is 1.81. The van der Waals surface area contributed by atoms with E-state index in [1.807, 2.05) is 43.3 Å². The van der Waals surface area contributed by atoms with Gasteiger partial charge >= 0.3 is 0 Å². The predicted molar refractivity (Wildman–Crippen MR) is 88.9 cm³/mol. The van der Waals surface area contributed by atoms with Crippen LogP contribution < -0.4 is 14.9 Å². The summed E-state index contributed by atoms with van der Waals surface area (Å²) in [6, 6.07) is 11.4. The Morgan fingerprint density at radius 2 is 2.05 bits per heavy atom. The fraction of sp³-hybridized carbons (Fsp3) is 0.294. The average Bonchev–Trinajstić information content (AvgIpc) is 2.55. The monoisotopic (exact) mass is 299 g/mol. The van der Waals surface area contributed by atoms with Gasteiger partial charge in [0.2, 0.25) is 0 Å². The van der Waals surface area contributed by atoms with Crippen LogP contribution in [0.1, 0.15) is 25.8 Å². The second-order valence-corrected chi connectivity index (χ2v) is 4.57. The van der Waals surface area contributed by atoms with Crippen molar-refractivity contribution in [1.29, 1.82) is 0 Å². The second-order valence-electron chi connectivity index (χ2n) is 4.57. The summed E-state index contributed by atoms with van der Waals surface area (Å²) in [7, 11) is 0. The Hall–Kier alpha value is -2.56. The van der Waals surface area contributed by atoms with Gasteiger partial charge in [-0.25, -0.2) is 4.98 Å². The maximum absolute atomic E-state index is 5.67. The first-order chi connectivity index (χ1) is 10.8. The average molecular weight is 299 g/mol. The molecule has 2 rings (SSSR count). The molecule has 0 bridgehead atoms. The summed E-state index contributed by atoms with van der Waals surface area (Å²) < 4.78 is 11.3. The second kappa shape index (κ2) is 8.67. The van der Waals surface area contributed by atoms with Crippen LogP contribution in [0.3, 0.4) is 0 Å². The number of rotatable bonds is 8. The molecule has 1 heterocycles. The number of hydrogen-bond acceptors (Lipinski definition) is 5. The Labute approximate surface area is 131 Å². The van der Waals surface area contributed by atoms with Crippen LogP contribution >= 0.6 is 0 Å². The third-order valence-corrected chi connectivity index (χ3v) is 2.79. The highest BCUT2D eigenvalue weighted by atomic mass is 16.5. The first kappa shape index (κ1) is 15.8. The molecule has 2 aromatic rings. The van der Waals surface area contributed by atoms with E-state index < -0.39 is 0 Å². The standard InChI is InChI=1S/C17H21N3O2/c1-3-11-22-15-9-8-14(12-16(15)21-4-2)13-19-20-17-7-5-6-10-18-17/h5-10,12-13H,3-4,11H2,1-2H3,(H,18,20)/b19-13+. The largest absolute Gasteiger partial charge is 0.490 e. The zero-order chi connectivity index (χ0) is 15.6. The molecule has 1 aromatic heterocycles. The lowest BCUT2D eigenvalue weighted by molar-refractivity contribution is 0.277. The van der Waals surface area contributed by atoms with Crippen molar-refractivity contribution in [2.45, 2.75) is 20.3 Å². The topological polar surface area (TPSA) is 55.7 Å². The lowest BCUT2D eigenvalue weighted by Crippen LogP contribution is -2.01. The highest BCUT2D eigenvalue weighted by molar-refractivity contribution is 5.81. The molecule has 0 atom stereocenters.